The summed E-state index contributed by atoms with van der Waals surface area (Å²) >= 11 is 0. The van der Waals surface area contributed by atoms with Gasteiger partial charge in [0, 0.05) is 11.1 Å². The van der Waals surface area contributed by atoms with Crippen molar-refractivity contribution in [1.29, 1.82) is 5.26 Å². The van der Waals surface area contributed by atoms with Gasteiger partial charge < -0.3 is 4.42 Å². The quantitative estimate of drug-likeness (QED) is 0.533. The van der Waals surface area contributed by atoms with Crippen LogP contribution in [0.25, 0.3) is 11.0 Å². The van der Waals surface area contributed by atoms with Crippen LogP contribution in [0.3, 0.4) is 0 Å². The van der Waals surface area contributed by atoms with Crippen molar-refractivity contribution in [2.45, 2.75) is 20.8 Å². The molecule has 3 rings (SSSR count). The highest BCUT2D eigenvalue weighted by atomic mass is 16.4. The third-order valence-corrected chi connectivity index (χ3v) is 3.95. The third kappa shape index (κ3) is 2.88. The zero-order chi connectivity index (χ0) is 18.1. The normalized spacial score (nSPS) is 11.5. The standard InChI is InChI=1S/C19H15N3O3/c1-11-8-12(2)22(18(23)16(11)10-20)21-13(3)15-9-14-6-4-5-7-17(14)25-19(15)24/h4-9H,1-3H3/b21-13+. The van der Waals surface area contributed by atoms with Crippen molar-refractivity contribution in [2.75, 3.05) is 0 Å². The molecule has 124 valence electrons. The first-order valence-electron chi connectivity index (χ1n) is 7.64. The number of fused-ring (bicyclic) bond motifs is 1. The van der Waals surface area contributed by atoms with E-state index in [4.69, 9.17) is 9.68 Å². The lowest BCUT2D eigenvalue weighted by Gasteiger charge is -2.08. The summed E-state index contributed by atoms with van der Waals surface area (Å²) in [5.41, 5.74) is 1.25. The first-order valence-corrected chi connectivity index (χ1v) is 7.64. The van der Waals surface area contributed by atoms with Crippen molar-refractivity contribution in [3.05, 3.63) is 79.6 Å². The van der Waals surface area contributed by atoms with Crippen molar-refractivity contribution in [3.63, 3.8) is 0 Å². The van der Waals surface area contributed by atoms with Crippen molar-refractivity contribution in [1.82, 2.24) is 4.68 Å². The van der Waals surface area contributed by atoms with Gasteiger partial charge in [0.2, 0.25) is 0 Å². The van der Waals surface area contributed by atoms with Crippen molar-refractivity contribution < 1.29 is 4.42 Å². The van der Waals surface area contributed by atoms with Gasteiger partial charge in [0.1, 0.15) is 17.2 Å². The van der Waals surface area contributed by atoms with Gasteiger partial charge in [-0.3, -0.25) is 4.79 Å². The predicted molar refractivity (Wildman–Crippen MR) is 95.0 cm³/mol. The minimum absolute atomic E-state index is 0.0349. The molecule has 2 aromatic heterocycles. The average Bonchev–Trinajstić information content (AvgIpc) is 2.58. The van der Waals surface area contributed by atoms with Crippen LogP contribution in [0.15, 0.2) is 55.5 Å². The topological polar surface area (TPSA) is 88.4 Å². The summed E-state index contributed by atoms with van der Waals surface area (Å²) in [6.45, 7) is 5.04. The van der Waals surface area contributed by atoms with E-state index in [1.807, 2.05) is 18.2 Å². The highest BCUT2D eigenvalue weighted by Crippen LogP contribution is 2.13. The molecule has 0 bridgehead atoms. The summed E-state index contributed by atoms with van der Waals surface area (Å²) < 4.78 is 6.43. The molecule has 25 heavy (non-hydrogen) atoms. The Kier molecular flexibility index (Phi) is 4.07. The summed E-state index contributed by atoms with van der Waals surface area (Å²) in [5, 5.41) is 14.2. The Morgan fingerprint density at radius 1 is 1.20 bits per heavy atom. The van der Waals surface area contributed by atoms with E-state index in [9.17, 15) is 9.59 Å². The highest BCUT2D eigenvalue weighted by Gasteiger charge is 2.12. The van der Waals surface area contributed by atoms with Gasteiger partial charge in [-0.2, -0.15) is 10.4 Å². The van der Waals surface area contributed by atoms with E-state index in [-0.39, 0.29) is 11.1 Å². The molecule has 6 nitrogen and oxygen atoms in total. The molecule has 6 heteroatoms. The van der Waals surface area contributed by atoms with Crippen molar-refractivity contribution >= 4 is 16.7 Å². The number of nitriles is 1. The molecule has 0 spiro atoms. The Hall–Kier alpha value is -3.46. The van der Waals surface area contributed by atoms with Gasteiger partial charge in [-0.05, 0) is 44.5 Å². The molecular weight excluding hydrogens is 318 g/mol. The Balaban J connectivity index is 2.22. The molecule has 0 aliphatic carbocycles. The molecule has 0 aliphatic heterocycles. The van der Waals surface area contributed by atoms with Crippen LogP contribution in [0.1, 0.15) is 29.3 Å². The van der Waals surface area contributed by atoms with E-state index >= 15 is 0 Å². The second-order valence-corrected chi connectivity index (χ2v) is 5.74. The fourth-order valence-corrected chi connectivity index (χ4v) is 2.66. The van der Waals surface area contributed by atoms with E-state index < -0.39 is 11.2 Å². The van der Waals surface area contributed by atoms with E-state index in [0.29, 0.717) is 22.6 Å². The lowest BCUT2D eigenvalue weighted by Crippen LogP contribution is -2.24. The minimum Gasteiger partial charge on any atom is -0.422 e. The molecule has 0 unspecified atom stereocenters. The number of pyridine rings is 1. The molecule has 0 aliphatic rings. The van der Waals surface area contributed by atoms with E-state index in [1.165, 1.54) is 0 Å². The van der Waals surface area contributed by atoms with E-state index in [1.54, 1.807) is 45.0 Å². The van der Waals surface area contributed by atoms with E-state index in [0.717, 1.165) is 10.1 Å². The zero-order valence-corrected chi connectivity index (χ0v) is 14.0. The van der Waals surface area contributed by atoms with Crippen molar-refractivity contribution in [3.8, 4) is 6.07 Å². The summed E-state index contributed by atoms with van der Waals surface area (Å²) in [6, 6.07) is 12.4. The number of aromatic nitrogens is 1. The Bertz CT molecular complexity index is 1180. The summed E-state index contributed by atoms with van der Waals surface area (Å²) in [5.74, 6) is 0. The summed E-state index contributed by atoms with van der Waals surface area (Å²) in [7, 11) is 0. The fraction of sp³-hybridized carbons (Fsp3) is 0.158. The zero-order valence-electron chi connectivity index (χ0n) is 14.0. The maximum Gasteiger partial charge on any atom is 0.345 e. The number of nitrogens with zero attached hydrogens (tertiary/aromatic N) is 3. The lowest BCUT2D eigenvalue weighted by molar-refractivity contribution is 0.559. The Morgan fingerprint density at radius 2 is 1.92 bits per heavy atom. The van der Waals surface area contributed by atoms with Crippen LogP contribution < -0.4 is 11.2 Å². The second-order valence-electron chi connectivity index (χ2n) is 5.74. The van der Waals surface area contributed by atoms with Crippen LogP contribution in [0.4, 0.5) is 0 Å². The molecule has 3 aromatic rings. The monoisotopic (exact) mass is 333 g/mol. The van der Waals surface area contributed by atoms with Crippen LogP contribution in [0.5, 0.6) is 0 Å². The van der Waals surface area contributed by atoms with Gasteiger partial charge in [0.05, 0.1) is 11.3 Å². The van der Waals surface area contributed by atoms with Crippen LogP contribution in [-0.4, -0.2) is 10.4 Å². The van der Waals surface area contributed by atoms with Crippen molar-refractivity contribution in [2.24, 2.45) is 5.10 Å². The van der Waals surface area contributed by atoms with Gasteiger partial charge in [-0.25, -0.2) is 9.47 Å². The van der Waals surface area contributed by atoms with Crippen LogP contribution in [0.2, 0.25) is 0 Å². The fourth-order valence-electron chi connectivity index (χ4n) is 2.66. The smallest absolute Gasteiger partial charge is 0.345 e. The molecule has 2 heterocycles. The van der Waals surface area contributed by atoms with Gasteiger partial charge in [-0.1, -0.05) is 18.2 Å². The molecular formula is C19H15N3O3. The van der Waals surface area contributed by atoms with Crippen LogP contribution in [-0.2, 0) is 0 Å². The minimum atomic E-state index is -0.529. The molecule has 0 atom stereocenters. The third-order valence-electron chi connectivity index (χ3n) is 3.95. The number of benzene rings is 1. The van der Waals surface area contributed by atoms with Gasteiger partial charge in [0.25, 0.3) is 5.56 Å². The van der Waals surface area contributed by atoms with Gasteiger partial charge >= 0.3 is 5.63 Å². The first kappa shape index (κ1) is 16.4. The number of rotatable bonds is 2. The summed E-state index contributed by atoms with van der Waals surface area (Å²) in [6.07, 6.45) is 0. The summed E-state index contributed by atoms with van der Waals surface area (Å²) in [4.78, 5) is 24.7. The number of hydrogen-bond acceptors (Lipinski definition) is 5. The second kappa shape index (κ2) is 6.21. The molecule has 1 aromatic carbocycles. The molecule has 0 saturated heterocycles. The predicted octanol–water partition coefficient (Wildman–Crippen LogP) is 2.72. The first-order chi connectivity index (χ1) is 11.9. The number of para-hydroxylation sites is 1. The molecule has 0 amide bonds. The Labute approximate surface area is 143 Å². The lowest BCUT2D eigenvalue weighted by atomic mass is 10.1. The van der Waals surface area contributed by atoms with E-state index in [2.05, 4.69) is 5.10 Å². The Morgan fingerprint density at radius 3 is 2.64 bits per heavy atom. The SMILES string of the molecule is C/C(=N\n1c(C)cc(C)c(C#N)c1=O)c1cc2ccccc2oc1=O. The van der Waals surface area contributed by atoms with Crippen LogP contribution in [0, 0.1) is 25.2 Å². The molecule has 0 fully saturated rings. The molecule has 0 saturated carbocycles. The largest absolute Gasteiger partial charge is 0.422 e. The molecule has 0 N–H and O–H groups in total. The van der Waals surface area contributed by atoms with Gasteiger partial charge in [0.15, 0.2) is 0 Å². The maximum atomic E-state index is 12.4. The van der Waals surface area contributed by atoms with Gasteiger partial charge in [-0.15, -0.1) is 0 Å². The van der Waals surface area contributed by atoms with Crippen LogP contribution >= 0.6 is 0 Å². The number of hydrogen-bond donors (Lipinski definition) is 0. The number of aryl methyl sites for hydroxylation is 2. The molecule has 0 radical (unpaired) electrons. The average molecular weight is 333 g/mol. The highest BCUT2D eigenvalue weighted by molar-refractivity contribution is 6.00. The maximum absolute atomic E-state index is 12.4.